The summed E-state index contributed by atoms with van der Waals surface area (Å²) >= 11 is 0. The molecular weight excluding hydrogens is 236 g/mol. The molecule has 0 bridgehead atoms. The molecule has 0 radical (unpaired) electrons. The second-order valence-electron chi connectivity index (χ2n) is 3.88. The first-order chi connectivity index (χ1) is 8.58. The van der Waals surface area contributed by atoms with E-state index in [9.17, 15) is 4.79 Å². The molecule has 0 fully saturated rings. The first kappa shape index (κ1) is 12.2. The van der Waals surface area contributed by atoms with E-state index in [1.165, 1.54) is 0 Å². The van der Waals surface area contributed by atoms with Crippen LogP contribution in [0.1, 0.15) is 21.9 Å². The molecule has 2 aromatic rings. The highest BCUT2D eigenvalue weighted by Crippen LogP contribution is 2.08. The zero-order valence-electron chi connectivity index (χ0n) is 10.2. The molecule has 0 amide bonds. The molecule has 2 heterocycles. The number of hydrogen-bond donors (Lipinski definition) is 2. The molecule has 0 aliphatic carbocycles. The maximum atomic E-state index is 10.6. The monoisotopic (exact) mass is 250 g/mol. The number of carbonyl (C=O) groups is 1. The molecule has 96 valence electrons. The zero-order valence-corrected chi connectivity index (χ0v) is 10.2. The predicted octanol–water partition coefficient (Wildman–Crippen LogP) is 1.30. The Hall–Kier alpha value is -2.31. The van der Waals surface area contributed by atoms with Gasteiger partial charge >= 0.3 is 5.97 Å². The van der Waals surface area contributed by atoms with Crippen LogP contribution in [0.4, 0.5) is 6.01 Å². The maximum absolute atomic E-state index is 10.6. The number of aryl methyl sites for hydroxylation is 1. The molecule has 18 heavy (non-hydrogen) atoms. The topological polar surface area (TPSA) is 93.2 Å². The minimum Gasteiger partial charge on any atom is -0.476 e. The van der Waals surface area contributed by atoms with Gasteiger partial charge in [-0.15, -0.1) is 0 Å². The minimum atomic E-state index is -1.10. The van der Waals surface area contributed by atoms with Crippen molar-refractivity contribution in [3.63, 3.8) is 0 Å². The smallest absolute Gasteiger partial charge is 0.357 e. The van der Waals surface area contributed by atoms with Crippen molar-refractivity contribution in [2.75, 3.05) is 11.9 Å². The van der Waals surface area contributed by atoms with Gasteiger partial charge in [0.05, 0.1) is 12.0 Å². The number of oxazole rings is 1. The number of nitrogens with one attached hydrogen (secondary N) is 1. The van der Waals surface area contributed by atoms with Gasteiger partial charge in [0.25, 0.3) is 6.01 Å². The van der Waals surface area contributed by atoms with Crippen molar-refractivity contribution in [1.82, 2.24) is 14.5 Å². The Morgan fingerprint density at radius 3 is 2.89 bits per heavy atom. The van der Waals surface area contributed by atoms with Gasteiger partial charge in [-0.25, -0.2) is 9.78 Å². The van der Waals surface area contributed by atoms with E-state index in [-0.39, 0.29) is 11.7 Å². The Kier molecular flexibility index (Phi) is 3.31. The van der Waals surface area contributed by atoms with E-state index in [2.05, 4.69) is 15.3 Å². The molecule has 0 spiro atoms. The quantitative estimate of drug-likeness (QED) is 0.830. The van der Waals surface area contributed by atoms with Gasteiger partial charge in [0.2, 0.25) is 0 Å². The average molecular weight is 250 g/mol. The van der Waals surface area contributed by atoms with Gasteiger partial charge in [-0.2, -0.15) is 4.98 Å². The summed E-state index contributed by atoms with van der Waals surface area (Å²) in [6, 6.07) is 0.210. The highest BCUT2D eigenvalue weighted by atomic mass is 16.4. The molecule has 0 unspecified atom stereocenters. The van der Waals surface area contributed by atoms with Gasteiger partial charge in [-0.05, 0) is 13.8 Å². The van der Waals surface area contributed by atoms with Crippen molar-refractivity contribution in [2.24, 2.45) is 0 Å². The number of rotatable bonds is 5. The van der Waals surface area contributed by atoms with Crippen LogP contribution < -0.4 is 5.32 Å². The second kappa shape index (κ2) is 4.91. The van der Waals surface area contributed by atoms with Gasteiger partial charge in [0, 0.05) is 18.8 Å². The third-order valence-corrected chi connectivity index (χ3v) is 2.70. The number of hydrogen-bond acceptors (Lipinski definition) is 5. The highest BCUT2D eigenvalue weighted by molar-refractivity contribution is 5.85. The van der Waals surface area contributed by atoms with Gasteiger partial charge in [-0.1, -0.05) is 0 Å². The SMILES string of the molecule is Cc1ncn(CCNc2nc(C(=O)O)co2)c1C. The van der Waals surface area contributed by atoms with Crippen LogP contribution >= 0.6 is 0 Å². The summed E-state index contributed by atoms with van der Waals surface area (Å²) in [5.74, 6) is -1.10. The van der Waals surface area contributed by atoms with E-state index >= 15 is 0 Å². The third-order valence-electron chi connectivity index (χ3n) is 2.70. The van der Waals surface area contributed by atoms with E-state index in [1.807, 2.05) is 18.4 Å². The first-order valence-electron chi connectivity index (χ1n) is 5.49. The molecule has 0 aliphatic heterocycles. The number of aromatic carboxylic acids is 1. The number of nitrogens with zero attached hydrogens (tertiary/aromatic N) is 3. The highest BCUT2D eigenvalue weighted by Gasteiger charge is 2.09. The fourth-order valence-electron chi connectivity index (χ4n) is 1.51. The molecule has 7 heteroatoms. The van der Waals surface area contributed by atoms with Gasteiger partial charge < -0.3 is 19.4 Å². The van der Waals surface area contributed by atoms with Crippen LogP contribution in [-0.4, -0.2) is 32.2 Å². The lowest BCUT2D eigenvalue weighted by atomic mass is 10.4. The molecule has 2 aromatic heterocycles. The Balaban J connectivity index is 1.88. The predicted molar refractivity (Wildman–Crippen MR) is 63.7 cm³/mol. The molecule has 0 aliphatic rings. The number of carboxylic acids is 1. The van der Waals surface area contributed by atoms with E-state index in [0.29, 0.717) is 13.1 Å². The summed E-state index contributed by atoms with van der Waals surface area (Å²) in [5, 5.41) is 11.6. The van der Waals surface area contributed by atoms with E-state index < -0.39 is 5.97 Å². The summed E-state index contributed by atoms with van der Waals surface area (Å²) < 4.78 is 6.97. The molecule has 0 saturated heterocycles. The van der Waals surface area contributed by atoms with Crippen molar-refractivity contribution < 1.29 is 14.3 Å². The van der Waals surface area contributed by atoms with Crippen LogP contribution in [0.15, 0.2) is 17.0 Å². The molecule has 2 N–H and O–H groups in total. The van der Waals surface area contributed by atoms with E-state index in [4.69, 9.17) is 9.52 Å². The Bertz CT molecular complexity index is 558. The Labute approximate surface area is 103 Å². The average Bonchev–Trinajstić information content (AvgIpc) is 2.91. The molecule has 2 rings (SSSR count). The normalized spacial score (nSPS) is 10.6. The number of carboxylic acid groups (broad SMARTS) is 1. The van der Waals surface area contributed by atoms with Crippen LogP contribution in [0.2, 0.25) is 0 Å². The largest absolute Gasteiger partial charge is 0.476 e. The summed E-state index contributed by atoms with van der Waals surface area (Å²) in [6.07, 6.45) is 2.88. The number of aromatic nitrogens is 3. The molecular formula is C11H14N4O3. The lowest BCUT2D eigenvalue weighted by Gasteiger charge is -2.05. The fraction of sp³-hybridized carbons (Fsp3) is 0.364. The standard InChI is InChI=1S/C11H14N4O3/c1-7-8(2)15(6-13-7)4-3-12-11-14-9(5-18-11)10(16)17/h5-6H,3-4H2,1-2H3,(H,12,14)(H,16,17). The van der Waals surface area contributed by atoms with Crippen LogP contribution in [-0.2, 0) is 6.54 Å². The number of imidazole rings is 1. The fourth-order valence-corrected chi connectivity index (χ4v) is 1.51. The molecule has 7 nitrogen and oxygen atoms in total. The van der Waals surface area contributed by atoms with Crippen molar-refractivity contribution >= 4 is 12.0 Å². The number of anilines is 1. The van der Waals surface area contributed by atoms with Crippen LogP contribution in [0.3, 0.4) is 0 Å². The van der Waals surface area contributed by atoms with Crippen LogP contribution in [0, 0.1) is 13.8 Å². The second-order valence-corrected chi connectivity index (χ2v) is 3.88. The zero-order chi connectivity index (χ0) is 13.1. The van der Waals surface area contributed by atoms with Crippen molar-refractivity contribution in [3.8, 4) is 0 Å². The van der Waals surface area contributed by atoms with E-state index in [1.54, 1.807) is 6.33 Å². The molecule has 0 saturated carbocycles. The van der Waals surface area contributed by atoms with Crippen LogP contribution in [0.5, 0.6) is 0 Å². The Morgan fingerprint density at radius 1 is 1.56 bits per heavy atom. The summed E-state index contributed by atoms with van der Waals surface area (Å²) in [7, 11) is 0. The van der Waals surface area contributed by atoms with Crippen molar-refractivity contribution in [2.45, 2.75) is 20.4 Å². The van der Waals surface area contributed by atoms with Gasteiger partial charge in [-0.3, -0.25) is 0 Å². The lowest BCUT2D eigenvalue weighted by molar-refractivity contribution is 0.0690. The van der Waals surface area contributed by atoms with Gasteiger partial charge in [0.15, 0.2) is 5.69 Å². The summed E-state index contributed by atoms with van der Waals surface area (Å²) in [6.45, 7) is 5.23. The third kappa shape index (κ3) is 2.50. The van der Waals surface area contributed by atoms with Crippen molar-refractivity contribution in [3.05, 3.63) is 29.7 Å². The Morgan fingerprint density at radius 2 is 2.33 bits per heavy atom. The summed E-state index contributed by atoms with van der Waals surface area (Å²) in [5.41, 5.74) is 2.00. The molecule has 0 aromatic carbocycles. The minimum absolute atomic E-state index is 0.104. The van der Waals surface area contributed by atoms with Gasteiger partial charge in [0.1, 0.15) is 6.26 Å². The lowest BCUT2D eigenvalue weighted by Crippen LogP contribution is -2.11. The van der Waals surface area contributed by atoms with E-state index in [0.717, 1.165) is 17.7 Å². The molecule has 0 atom stereocenters. The van der Waals surface area contributed by atoms with Crippen LogP contribution in [0.25, 0.3) is 0 Å². The first-order valence-corrected chi connectivity index (χ1v) is 5.49. The maximum Gasteiger partial charge on any atom is 0.357 e. The van der Waals surface area contributed by atoms with Crippen molar-refractivity contribution in [1.29, 1.82) is 0 Å². The summed E-state index contributed by atoms with van der Waals surface area (Å²) in [4.78, 5) is 18.5.